The maximum atomic E-state index is 12.9. The van der Waals surface area contributed by atoms with Crippen LogP contribution in [0.5, 0.6) is 0 Å². The molecule has 1 atom stereocenters. The van der Waals surface area contributed by atoms with Crippen molar-refractivity contribution < 1.29 is 19.6 Å². The summed E-state index contributed by atoms with van der Waals surface area (Å²) in [5.74, 6) is -0.204. The Labute approximate surface area is 159 Å². The quantitative estimate of drug-likeness (QED) is 0.736. The van der Waals surface area contributed by atoms with Crippen LogP contribution in [0.3, 0.4) is 0 Å². The fourth-order valence-corrected chi connectivity index (χ4v) is 2.89. The molecule has 0 amide bonds. The van der Waals surface area contributed by atoms with Gasteiger partial charge in [-0.05, 0) is 67.9 Å². The van der Waals surface area contributed by atoms with Crippen molar-refractivity contribution >= 4 is 17.4 Å². The lowest BCUT2D eigenvalue weighted by Crippen LogP contribution is -2.22. The molecule has 4 nitrogen and oxygen atoms in total. The van der Waals surface area contributed by atoms with Gasteiger partial charge in [-0.25, -0.2) is 4.39 Å². The summed E-state index contributed by atoms with van der Waals surface area (Å²) in [7, 11) is 0. The number of benzene rings is 2. The van der Waals surface area contributed by atoms with Crippen molar-refractivity contribution in [2.24, 2.45) is 5.73 Å². The Hall–Kier alpha value is -1.60. The van der Waals surface area contributed by atoms with Crippen LogP contribution in [-0.2, 0) is 0 Å². The number of rotatable bonds is 7. The van der Waals surface area contributed by atoms with Crippen molar-refractivity contribution in [3.63, 3.8) is 0 Å². The molecule has 0 aliphatic rings. The molecule has 25 heavy (non-hydrogen) atoms. The predicted molar refractivity (Wildman–Crippen MR) is 113 cm³/mol. The van der Waals surface area contributed by atoms with E-state index < -0.39 is 0 Å². The molecule has 0 aliphatic heterocycles. The number of hydrogen-bond donors (Lipinski definition) is 2. The summed E-state index contributed by atoms with van der Waals surface area (Å²) < 4.78 is 12.9. The highest BCUT2D eigenvalue weighted by Gasteiger charge is 2.05. The van der Waals surface area contributed by atoms with E-state index in [1.165, 1.54) is 12.1 Å². The first-order chi connectivity index (χ1) is 11.2. The molecule has 6 heteroatoms. The van der Waals surface area contributed by atoms with Gasteiger partial charge in [-0.2, -0.15) is 0 Å². The number of nitrogens with two attached hydrogens (primary N) is 1. The highest BCUT2D eigenvalue weighted by molar-refractivity contribution is 7.99. The Balaban J connectivity index is -0.000000244. The van der Waals surface area contributed by atoms with E-state index in [4.69, 9.17) is 5.73 Å². The zero-order valence-electron chi connectivity index (χ0n) is 15.2. The molecule has 148 valence electrons. The number of anilines is 1. The standard InChI is InChI=1S/C17H21FN2S.C2H6.2H2O.3H2/c1-2-14(11-12-19)20-15-5-9-17(10-6-15)21-16-7-3-13(18)4-8-16;1-2;;;;;/h3-10,14,20H,2,11-12,19H2,1H3;1-2H3;2*1H2;3*1H. The summed E-state index contributed by atoms with van der Waals surface area (Å²) in [6.45, 7) is 6.86. The second-order valence-electron chi connectivity index (χ2n) is 4.91. The SMILES string of the molecule is CC.CCC(CCN)Nc1ccc(Sc2ccc(F)cc2)cc1.O.O.[HH].[HH].[HH]. The van der Waals surface area contributed by atoms with Gasteiger partial charge < -0.3 is 22.0 Å². The average molecular weight is 377 g/mol. The molecule has 0 spiro atoms. The molecule has 0 fully saturated rings. The maximum absolute atomic E-state index is 12.9. The van der Waals surface area contributed by atoms with Crippen molar-refractivity contribution in [2.75, 3.05) is 11.9 Å². The third-order valence-electron chi connectivity index (χ3n) is 3.28. The molecule has 0 aromatic heterocycles. The van der Waals surface area contributed by atoms with Crippen LogP contribution in [0.25, 0.3) is 0 Å². The van der Waals surface area contributed by atoms with E-state index in [1.807, 2.05) is 13.8 Å². The largest absolute Gasteiger partial charge is 0.412 e. The van der Waals surface area contributed by atoms with Crippen molar-refractivity contribution in [3.8, 4) is 0 Å². The lowest BCUT2D eigenvalue weighted by molar-refractivity contribution is 0.626. The molecule has 1 unspecified atom stereocenters. The highest BCUT2D eigenvalue weighted by Crippen LogP contribution is 2.28. The zero-order valence-corrected chi connectivity index (χ0v) is 16.0. The van der Waals surface area contributed by atoms with Gasteiger partial charge in [-0.1, -0.05) is 32.5 Å². The Morgan fingerprint density at radius 2 is 1.48 bits per heavy atom. The van der Waals surface area contributed by atoms with Gasteiger partial charge in [0.2, 0.25) is 0 Å². The molecular formula is C19H37FN2O2S. The van der Waals surface area contributed by atoms with Crippen LogP contribution in [0.1, 0.15) is 37.9 Å². The molecule has 0 radical (unpaired) electrons. The van der Waals surface area contributed by atoms with Gasteiger partial charge in [0.05, 0.1) is 0 Å². The molecule has 0 aliphatic carbocycles. The summed E-state index contributed by atoms with van der Waals surface area (Å²) in [4.78, 5) is 2.17. The lowest BCUT2D eigenvalue weighted by atomic mass is 10.1. The van der Waals surface area contributed by atoms with Gasteiger partial charge in [-0.15, -0.1) is 0 Å². The number of nitrogens with one attached hydrogen (secondary N) is 1. The Bertz CT molecular complexity index is 564. The summed E-state index contributed by atoms with van der Waals surface area (Å²) in [6.07, 6.45) is 2.03. The van der Waals surface area contributed by atoms with Crippen LogP contribution < -0.4 is 11.1 Å². The maximum Gasteiger partial charge on any atom is 0.123 e. The summed E-state index contributed by atoms with van der Waals surface area (Å²) >= 11 is 1.63. The van der Waals surface area contributed by atoms with E-state index in [0.29, 0.717) is 12.6 Å². The Morgan fingerprint density at radius 1 is 1.00 bits per heavy atom. The van der Waals surface area contributed by atoms with E-state index in [2.05, 4.69) is 36.5 Å². The van der Waals surface area contributed by atoms with E-state index in [-0.39, 0.29) is 21.0 Å². The van der Waals surface area contributed by atoms with Gasteiger partial charge in [-0.3, -0.25) is 0 Å². The number of halogens is 1. The predicted octanol–water partition coefficient (Wildman–Crippen LogP) is 4.63. The molecule has 0 saturated carbocycles. The minimum atomic E-state index is -0.204. The van der Waals surface area contributed by atoms with Gasteiger partial charge >= 0.3 is 0 Å². The topological polar surface area (TPSA) is 101 Å². The monoisotopic (exact) mass is 376 g/mol. The molecule has 0 heterocycles. The molecule has 0 saturated heterocycles. The molecule has 2 aromatic rings. The van der Waals surface area contributed by atoms with Gasteiger partial charge in [0.15, 0.2) is 0 Å². The van der Waals surface area contributed by atoms with Gasteiger partial charge in [0.1, 0.15) is 5.82 Å². The van der Waals surface area contributed by atoms with Crippen molar-refractivity contribution in [1.82, 2.24) is 0 Å². The fourth-order valence-electron chi connectivity index (χ4n) is 2.07. The third kappa shape index (κ3) is 9.45. The van der Waals surface area contributed by atoms with Crippen LogP contribution in [0, 0.1) is 5.82 Å². The molecule has 0 bridgehead atoms. The molecular weight excluding hydrogens is 339 g/mol. The van der Waals surface area contributed by atoms with Crippen LogP contribution in [0.15, 0.2) is 58.3 Å². The molecule has 2 rings (SSSR count). The minimum absolute atomic E-state index is 0. The highest BCUT2D eigenvalue weighted by atomic mass is 32.2. The number of hydrogen-bond acceptors (Lipinski definition) is 3. The Morgan fingerprint density at radius 3 is 1.92 bits per heavy atom. The minimum Gasteiger partial charge on any atom is -0.412 e. The Kier molecular flexibility index (Phi) is 15.1. The van der Waals surface area contributed by atoms with Gasteiger partial charge in [0.25, 0.3) is 0 Å². The first kappa shape index (κ1) is 25.6. The van der Waals surface area contributed by atoms with E-state index >= 15 is 0 Å². The summed E-state index contributed by atoms with van der Waals surface area (Å²) in [6, 6.07) is 15.3. The van der Waals surface area contributed by atoms with E-state index in [1.54, 1.807) is 23.9 Å². The fraction of sp³-hybridized carbons (Fsp3) is 0.368. The van der Waals surface area contributed by atoms with Crippen LogP contribution in [-0.4, -0.2) is 23.5 Å². The summed E-state index contributed by atoms with van der Waals surface area (Å²) in [5.41, 5.74) is 6.72. The second kappa shape index (κ2) is 14.7. The van der Waals surface area contributed by atoms with Gasteiger partial charge in [0, 0.05) is 25.8 Å². The average Bonchev–Trinajstić information content (AvgIpc) is 2.60. The van der Waals surface area contributed by atoms with Crippen molar-refractivity contribution in [1.29, 1.82) is 0 Å². The zero-order chi connectivity index (χ0) is 17.1. The lowest BCUT2D eigenvalue weighted by Gasteiger charge is -2.17. The van der Waals surface area contributed by atoms with Crippen LogP contribution >= 0.6 is 11.8 Å². The first-order valence-corrected chi connectivity index (χ1v) is 9.03. The van der Waals surface area contributed by atoms with E-state index in [9.17, 15) is 4.39 Å². The third-order valence-corrected chi connectivity index (χ3v) is 4.30. The van der Waals surface area contributed by atoms with Crippen LogP contribution in [0.2, 0.25) is 0 Å². The first-order valence-electron chi connectivity index (χ1n) is 8.21. The smallest absolute Gasteiger partial charge is 0.123 e. The van der Waals surface area contributed by atoms with E-state index in [0.717, 1.165) is 28.3 Å². The van der Waals surface area contributed by atoms with Crippen LogP contribution in [0.4, 0.5) is 10.1 Å². The summed E-state index contributed by atoms with van der Waals surface area (Å²) in [5, 5.41) is 3.49. The second-order valence-corrected chi connectivity index (χ2v) is 6.05. The molecule has 7 N–H and O–H groups in total. The molecule has 2 aromatic carbocycles. The van der Waals surface area contributed by atoms with Crippen molar-refractivity contribution in [2.45, 2.75) is 49.4 Å². The normalized spacial score (nSPS) is 10.4. The van der Waals surface area contributed by atoms with Crippen molar-refractivity contribution in [3.05, 3.63) is 54.3 Å².